The van der Waals surface area contributed by atoms with Gasteiger partial charge < -0.3 is 4.84 Å². The summed E-state index contributed by atoms with van der Waals surface area (Å²) in [7, 11) is 0. The van der Waals surface area contributed by atoms with Crippen molar-refractivity contribution in [2.24, 2.45) is 0 Å². The van der Waals surface area contributed by atoms with Crippen LogP contribution in [-0.4, -0.2) is 11.6 Å². The second-order valence-corrected chi connectivity index (χ2v) is 3.82. The summed E-state index contributed by atoms with van der Waals surface area (Å²) in [6.45, 7) is 0.917. The summed E-state index contributed by atoms with van der Waals surface area (Å²) in [5.41, 5.74) is 0. The highest BCUT2D eigenvalue weighted by atomic mass is 16.7. The summed E-state index contributed by atoms with van der Waals surface area (Å²) in [6, 6.07) is 15.4. The number of nitrogens with zero attached hydrogens (tertiary/aromatic N) is 1. The Labute approximate surface area is 94.7 Å². The van der Waals surface area contributed by atoms with Gasteiger partial charge in [0.1, 0.15) is 0 Å². The van der Waals surface area contributed by atoms with Crippen LogP contribution in [0, 0.1) is 6.07 Å². The van der Waals surface area contributed by atoms with Gasteiger partial charge in [-0.3, -0.25) is 0 Å². The zero-order chi connectivity index (χ0) is 10.8. The van der Waals surface area contributed by atoms with Crippen LogP contribution in [0.15, 0.2) is 48.7 Å². The molecule has 0 fully saturated rings. The Bertz CT molecular complexity index is 533. The quantitative estimate of drug-likeness (QED) is 0.755. The van der Waals surface area contributed by atoms with Gasteiger partial charge in [-0.05, 0) is 23.3 Å². The third kappa shape index (κ3) is 1.74. The molecule has 0 bridgehead atoms. The molecule has 1 aliphatic heterocycles. The van der Waals surface area contributed by atoms with Crippen molar-refractivity contribution in [2.75, 3.05) is 6.54 Å². The second kappa shape index (κ2) is 3.89. The van der Waals surface area contributed by atoms with Gasteiger partial charge in [-0.15, -0.1) is 0 Å². The summed E-state index contributed by atoms with van der Waals surface area (Å²) in [5, 5.41) is 4.11. The van der Waals surface area contributed by atoms with E-state index in [1.165, 1.54) is 5.39 Å². The predicted octanol–water partition coefficient (Wildman–Crippen LogP) is 3.15. The van der Waals surface area contributed by atoms with Crippen LogP contribution in [0.4, 0.5) is 0 Å². The largest absolute Gasteiger partial charge is 0.379 e. The summed E-state index contributed by atoms with van der Waals surface area (Å²) in [6.07, 6.45) is 5.11. The molecular weight excluding hydrogens is 198 g/mol. The highest BCUT2D eigenvalue weighted by Crippen LogP contribution is 2.21. The maximum Gasteiger partial charge on any atom is 0.163 e. The Balaban J connectivity index is 1.89. The van der Waals surface area contributed by atoms with Crippen molar-refractivity contribution in [1.82, 2.24) is 5.06 Å². The molecule has 0 atom stereocenters. The first-order valence-electron chi connectivity index (χ1n) is 5.44. The normalized spacial score (nSPS) is 14.6. The standard InChI is InChI=1S/C14H12NO/c1-2-6-13-11-14(8-7-12(13)5-1)16-15-9-3-4-10-15/h1-3,5-9H,4,10H2. The fourth-order valence-electron chi connectivity index (χ4n) is 1.82. The van der Waals surface area contributed by atoms with Crippen molar-refractivity contribution < 1.29 is 4.84 Å². The minimum Gasteiger partial charge on any atom is -0.379 e. The molecule has 3 rings (SSSR count). The minimum absolute atomic E-state index is 0.769. The van der Waals surface area contributed by atoms with Crippen LogP contribution in [0.3, 0.4) is 0 Å². The van der Waals surface area contributed by atoms with Crippen molar-refractivity contribution in [3.63, 3.8) is 0 Å². The third-order valence-corrected chi connectivity index (χ3v) is 2.64. The molecule has 0 unspecified atom stereocenters. The lowest BCUT2D eigenvalue weighted by atomic mass is 10.1. The zero-order valence-electron chi connectivity index (χ0n) is 8.89. The van der Waals surface area contributed by atoms with E-state index in [0.29, 0.717) is 0 Å². The molecule has 1 aliphatic rings. The SMILES string of the molecule is [c]1c(ON2C=CCC2)ccc2ccccc12. The van der Waals surface area contributed by atoms with Crippen LogP contribution in [-0.2, 0) is 0 Å². The van der Waals surface area contributed by atoms with Gasteiger partial charge in [-0.2, -0.15) is 0 Å². The van der Waals surface area contributed by atoms with E-state index in [-0.39, 0.29) is 0 Å². The number of rotatable bonds is 2. The lowest BCUT2D eigenvalue weighted by Crippen LogP contribution is -2.18. The molecule has 2 nitrogen and oxygen atoms in total. The average molecular weight is 210 g/mol. The Kier molecular flexibility index (Phi) is 2.26. The monoisotopic (exact) mass is 210 g/mol. The molecule has 0 aromatic heterocycles. The van der Waals surface area contributed by atoms with E-state index in [9.17, 15) is 0 Å². The van der Waals surface area contributed by atoms with E-state index in [0.717, 1.165) is 24.1 Å². The summed E-state index contributed by atoms with van der Waals surface area (Å²) >= 11 is 0. The molecule has 2 aromatic rings. The molecule has 0 N–H and O–H groups in total. The Morgan fingerprint density at radius 2 is 2.06 bits per heavy atom. The van der Waals surface area contributed by atoms with E-state index >= 15 is 0 Å². The molecular formula is C14H12NO. The smallest absolute Gasteiger partial charge is 0.163 e. The van der Waals surface area contributed by atoms with E-state index < -0.39 is 0 Å². The molecule has 79 valence electrons. The average Bonchev–Trinajstić information content (AvgIpc) is 2.82. The van der Waals surface area contributed by atoms with Gasteiger partial charge in [0.15, 0.2) is 5.75 Å². The van der Waals surface area contributed by atoms with Crippen molar-refractivity contribution in [3.8, 4) is 5.75 Å². The summed E-state index contributed by atoms with van der Waals surface area (Å²) in [5.74, 6) is 0.769. The third-order valence-electron chi connectivity index (χ3n) is 2.64. The summed E-state index contributed by atoms with van der Waals surface area (Å²) in [4.78, 5) is 5.67. The van der Waals surface area contributed by atoms with Crippen LogP contribution >= 0.6 is 0 Å². The molecule has 0 spiro atoms. The fourth-order valence-corrected chi connectivity index (χ4v) is 1.82. The Morgan fingerprint density at radius 3 is 2.94 bits per heavy atom. The molecule has 0 saturated heterocycles. The Morgan fingerprint density at radius 1 is 1.12 bits per heavy atom. The van der Waals surface area contributed by atoms with Crippen LogP contribution in [0.2, 0.25) is 0 Å². The van der Waals surface area contributed by atoms with Crippen LogP contribution < -0.4 is 4.84 Å². The Hall–Kier alpha value is -1.96. The van der Waals surface area contributed by atoms with E-state index in [1.54, 1.807) is 0 Å². The van der Waals surface area contributed by atoms with E-state index in [1.807, 2.05) is 35.5 Å². The topological polar surface area (TPSA) is 12.5 Å². The van der Waals surface area contributed by atoms with Crippen LogP contribution in [0.25, 0.3) is 10.8 Å². The minimum atomic E-state index is 0.769. The first kappa shape index (κ1) is 9.28. The number of hydrogen-bond donors (Lipinski definition) is 0. The molecule has 2 aromatic carbocycles. The van der Waals surface area contributed by atoms with Crippen LogP contribution in [0.5, 0.6) is 5.75 Å². The highest BCUT2D eigenvalue weighted by molar-refractivity contribution is 5.82. The van der Waals surface area contributed by atoms with Crippen molar-refractivity contribution >= 4 is 10.8 Å². The first-order chi connectivity index (χ1) is 7.92. The predicted molar refractivity (Wildman–Crippen MR) is 63.9 cm³/mol. The molecule has 0 aliphatic carbocycles. The van der Waals surface area contributed by atoms with Crippen molar-refractivity contribution in [2.45, 2.75) is 6.42 Å². The summed E-state index contributed by atoms with van der Waals surface area (Å²) < 4.78 is 0. The van der Waals surface area contributed by atoms with Gasteiger partial charge in [-0.1, -0.05) is 36.4 Å². The number of fused-ring (bicyclic) bond motifs is 1. The zero-order valence-corrected chi connectivity index (χ0v) is 8.89. The lowest BCUT2D eigenvalue weighted by molar-refractivity contribution is 0.00280. The molecule has 0 amide bonds. The van der Waals surface area contributed by atoms with Crippen molar-refractivity contribution in [1.29, 1.82) is 0 Å². The van der Waals surface area contributed by atoms with E-state index in [4.69, 9.17) is 4.84 Å². The van der Waals surface area contributed by atoms with Gasteiger partial charge in [0.2, 0.25) is 0 Å². The molecule has 1 radical (unpaired) electrons. The van der Waals surface area contributed by atoms with Gasteiger partial charge in [-0.25, -0.2) is 5.06 Å². The second-order valence-electron chi connectivity index (χ2n) is 3.82. The van der Waals surface area contributed by atoms with Crippen LogP contribution in [0.1, 0.15) is 6.42 Å². The molecule has 16 heavy (non-hydrogen) atoms. The number of benzene rings is 2. The lowest BCUT2D eigenvalue weighted by Gasteiger charge is -2.16. The fraction of sp³-hybridized carbons (Fsp3) is 0.143. The van der Waals surface area contributed by atoms with Gasteiger partial charge in [0, 0.05) is 12.3 Å². The van der Waals surface area contributed by atoms with Gasteiger partial charge in [0.05, 0.1) is 6.54 Å². The number of hydrogen-bond acceptors (Lipinski definition) is 2. The number of hydroxylamine groups is 2. The maximum atomic E-state index is 5.67. The first-order valence-corrected chi connectivity index (χ1v) is 5.44. The maximum absolute atomic E-state index is 5.67. The van der Waals surface area contributed by atoms with Crippen molar-refractivity contribution in [3.05, 3.63) is 54.7 Å². The van der Waals surface area contributed by atoms with Gasteiger partial charge >= 0.3 is 0 Å². The highest BCUT2D eigenvalue weighted by Gasteiger charge is 2.06. The molecule has 0 saturated carbocycles. The molecule has 1 heterocycles. The van der Waals surface area contributed by atoms with E-state index in [2.05, 4.69) is 24.3 Å². The molecule has 2 heteroatoms. The van der Waals surface area contributed by atoms with Gasteiger partial charge in [0.25, 0.3) is 0 Å².